The molecular formula is C33H31N3O4. The summed E-state index contributed by atoms with van der Waals surface area (Å²) in [6.07, 6.45) is 1.52. The summed E-state index contributed by atoms with van der Waals surface area (Å²) < 4.78 is 6.02. The molecular weight excluding hydrogens is 502 g/mol. The lowest BCUT2D eigenvalue weighted by Crippen LogP contribution is -2.50. The van der Waals surface area contributed by atoms with Crippen molar-refractivity contribution in [3.63, 3.8) is 0 Å². The van der Waals surface area contributed by atoms with Crippen molar-refractivity contribution in [1.29, 1.82) is 0 Å². The number of anilines is 2. The van der Waals surface area contributed by atoms with E-state index in [1.807, 2.05) is 79.7 Å². The number of rotatable bonds is 7. The Bertz CT molecular complexity index is 1530. The van der Waals surface area contributed by atoms with Crippen LogP contribution in [0.1, 0.15) is 28.6 Å². The van der Waals surface area contributed by atoms with Gasteiger partial charge in [-0.05, 0) is 68.5 Å². The molecule has 2 heterocycles. The number of nitrogens with one attached hydrogen (secondary N) is 1. The Labute approximate surface area is 233 Å². The van der Waals surface area contributed by atoms with Gasteiger partial charge in [0.2, 0.25) is 0 Å². The maximum absolute atomic E-state index is 13.7. The summed E-state index contributed by atoms with van der Waals surface area (Å²) in [5.74, 6) is 0.259. The van der Waals surface area contributed by atoms with Gasteiger partial charge in [0.05, 0.1) is 0 Å². The van der Waals surface area contributed by atoms with E-state index >= 15 is 0 Å². The van der Waals surface area contributed by atoms with Crippen LogP contribution >= 0.6 is 0 Å². The van der Waals surface area contributed by atoms with E-state index in [-0.39, 0.29) is 17.3 Å². The minimum Gasteiger partial charge on any atom is -0.457 e. The molecule has 0 atom stereocenters. The van der Waals surface area contributed by atoms with E-state index in [4.69, 9.17) is 4.42 Å². The predicted octanol–water partition coefficient (Wildman–Crippen LogP) is 5.83. The minimum absolute atomic E-state index is 0.00733. The Kier molecular flexibility index (Phi) is 7.92. The van der Waals surface area contributed by atoms with Gasteiger partial charge in [-0.25, -0.2) is 0 Å². The molecule has 1 aromatic heterocycles. The first-order chi connectivity index (χ1) is 19.4. The molecule has 4 aromatic rings. The average molecular weight is 534 g/mol. The van der Waals surface area contributed by atoms with Gasteiger partial charge >= 0.3 is 0 Å². The highest BCUT2D eigenvalue weighted by Crippen LogP contribution is 2.25. The van der Waals surface area contributed by atoms with Crippen molar-refractivity contribution < 1.29 is 18.8 Å². The highest BCUT2D eigenvalue weighted by Gasteiger charge is 2.28. The molecule has 1 fully saturated rings. The van der Waals surface area contributed by atoms with Crippen molar-refractivity contribution in [3.05, 3.63) is 113 Å². The highest BCUT2D eigenvalue weighted by atomic mass is 16.3. The molecule has 0 unspecified atom stereocenters. The summed E-state index contributed by atoms with van der Waals surface area (Å²) in [4.78, 5) is 42.6. The van der Waals surface area contributed by atoms with Crippen molar-refractivity contribution in [2.24, 2.45) is 0 Å². The smallest absolute Gasteiger partial charge is 0.261 e. The Hall–Kier alpha value is -4.91. The van der Waals surface area contributed by atoms with Crippen LogP contribution < -0.4 is 10.2 Å². The van der Waals surface area contributed by atoms with Gasteiger partial charge in [0.25, 0.3) is 11.8 Å². The van der Waals surface area contributed by atoms with Gasteiger partial charge in [0, 0.05) is 48.7 Å². The molecule has 3 aromatic carbocycles. The third kappa shape index (κ3) is 6.21. The van der Waals surface area contributed by atoms with Crippen LogP contribution in [0.2, 0.25) is 0 Å². The predicted molar refractivity (Wildman–Crippen MR) is 157 cm³/mol. The average Bonchev–Trinajstić information content (AvgIpc) is 3.45. The monoisotopic (exact) mass is 533 g/mol. The fourth-order valence-electron chi connectivity index (χ4n) is 4.64. The first-order valence-electron chi connectivity index (χ1n) is 13.3. The molecule has 5 rings (SSSR count). The SMILES string of the molecule is CC(=O)c1ccc(N2CCN(C(=O)/C(=C/c3ccc(-c4ccc(C)cc4)o3)C(=O)Nc3ccccc3)CC2)cc1. The number of nitrogens with zero attached hydrogens (tertiary/aromatic N) is 2. The van der Waals surface area contributed by atoms with Crippen LogP contribution in [0.4, 0.5) is 11.4 Å². The lowest BCUT2D eigenvalue weighted by Gasteiger charge is -2.36. The van der Waals surface area contributed by atoms with Crippen LogP contribution in [-0.2, 0) is 9.59 Å². The number of ketones is 1. The van der Waals surface area contributed by atoms with Crippen LogP contribution in [0, 0.1) is 6.92 Å². The van der Waals surface area contributed by atoms with E-state index in [2.05, 4.69) is 10.2 Å². The van der Waals surface area contributed by atoms with Crippen LogP contribution in [0.15, 0.2) is 101 Å². The van der Waals surface area contributed by atoms with E-state index in [0.29, 0.717) is 49.0 Å². The van der Waals surface area contributed by atoms with Gasteiger partial charge in [-0.15, -0.1) is 0 Å². The summed E-state index contributed by atoms with van der Waals surface area (Å²) in [7, 11) is 0. The van der Waals surface area contributed by atoms with Crippen LogP contribution in [-0.4, -0.2) is 48.7 Å². The second-order valence-corrected chi connectivity index (χ2v) is 9.83. The molecule has 2 amide bonds. The normalized spacial score (nSPS) is 13.7. The number of benzene rings is 3. The fourth-order valence-corrected chi connectivity index (χ4v) is 4.64. The zero-order valence-electron chi connectivity index (χ0n) is 22.6. The van der Waals surface area contributed by atoms with Gasteiger partial charge in [0.1, 0.15) is 17.1 Å². The summed E-state index contributed by atoms with van der Waals surface area (Å²) in [6.45, 7) is 5.69. The summed E-state index contributed by atoms with van der Waals surface area (Å²) in [6, 6.07) is 28.1. The number of para-hydroxylation sites is 1. The molecule has 202 valence electrons. The standard InChI is InChI=1S/C33H31N3O4/c1-23-8-10-26(11-9-23)31-17-16-29(40-31)22-30(32(38)34-27-6-4-3-5-7-27)33(39)36-20-18-35(19-21-36)28-14-12-25(13-15-28)24(2)37/h3-17,22H,18-21H2,1-2H3,(H,34,38)/b30-22+. The van der Waals surface area contributed by atoms with Crippen molar-refractivity contribution >= 4 is 35.0 Å². The van der Waals surface area contributed by atoms with E-state index in [9.17, 15) is 14.4 Å². The molecule has 1 N–H and O–H groups in total. The minimum atomic E-state index is -0.494. The number of hydrogen-bond acceptors (Lipinski definition) is 5. The molecule has 0 spiro atoms. The Morgan fingerprint density at radius 3 is 2.12 bits per heavy atom. The maximum Gasteiger partial charge on any atom is 0.261 e. The quantitative estimate of drug-likeness (QED) is 0.140. The first kappa shape index (κ1) is 26.7. The second kappa shape index (κ2) is 11.9. The molecule has 7 heteroatoms. The van der Waals surface area contributed by atoms with Crippen molar-refractivity contribution in [1.82, 2.24) is 4.90 Å². The molecule has 0 aliphatic carbocycles. The van der Waals surface area contributed by atoms with Crippen molar-refractivity contribution in [3.8, 4) is 11.3 Å². The number of carbonyl (C=O) groups is 3. The largest absolute Gasteiger partial charge is 0.457 e. The van der Waals surface area contributed by atoms with Gasteiger partial charge in [-0.3, -0.25) is 14.4 Å². The Morgan fingerprint density at radius 1 is 0.800 bits per heavy atom. The topological polar surface area (TPSA) is 82.9 Å². The maximum atomic E-state index is 13.7. The molecule has 0 saturated carbocycles. The summed E-state index contributed by atoms with van der Waals surface area (Å²) >= 11 is 0. The van der Waals surface area contributed by atoms with Gasteiger partial charge in [0.15, 0.2) is 5.78 Å². The van der Waals surface area contributed by atoms with E-state index < -0.39 is 5.91 Å². The molecule has 40 heavy (non-hydrogen) atoms. The van der Waals surface area contributed by atoms with E-state index in [1.54, 1.807) is 30.0 Å². The third-order valence-corrected chi connectivity index (χ3v) is 6.96. The number of aryl methyl sites for hydroxylation is 1. The van der Waals surface area contributed by atoms with Crippen LogP contribution in [0.3, 0.4) is 0 Å². The van der Waals surface area contributed by atoms with E-state index in [0.717, 1.165) is 16.8 Å². The third-order valence-electron chi connectivity index (χ3n) is 6.96. The number of Topliss-reactive ketones (excluding diaryl/α,β-unsaturated/α-hetero) is 1. The zero-order valence-corrected chi connectivity index (χ0v) is 22.6. The van der Waals surface area contributed by atoms with E-state index in [1.165, 1.54) is 6.08 Å². The highest BCUT2D eigenvalue weighted by molar-refractivity contribution is 6.25. The first-order valence-corrected chi connectivity index (χ1v) is 13.3. The molecule has 1 saturated heterocycles. The number of amides is 2. The fraction of sp³-hybridized carbons (Fsp3) is 0.182. The number of furan rings is 1. The second-order valence-electron chi connectivity index (χ2n) is 9.83. The van der Waals surface area contributed by atoms with Gasteiger partial charge < -0.3 is 19.5 Å². The molecule has 7 nitrogen and oxygen atoms in total. The van der Waals surface area contributed by atoms with Gasteiger partial charge in [-0.1, -0.05) is 48.0 Å². The molecule has 1 aliphatic rings. The number of hydrogen-bond donors (Lipinski definition) is 1. The number of piperazine rings is 1. The van der Waals surface area contributed by atoms with Crippen molar-refractivity contribution in [2.75, 3.05) is 36.4 Å². The van der Waals surface area contributed by atoms with Gasteiger partial charge in [-0.2, -0.15) is 0 Å². The summed E-state index contributed by atoms with van der Waals surface area (Å²) in [5, 5.41) is 2.84. The number of carbonyl (C=O) groups excluding carboxylic acids is 3. The van der Waals surface area contributed by atoms with Crippen LogP contribution in [0.5, 0.6) is 0 Å². The Morgan fingerprint density at radius 2 is 1.48 bits per heavy atom. The lowest BCUT2D eigenvalue weighted by atomic mass is 10.1. The Balaban J connectivity index is 1.35. The molecule has 0 bridgehead atoms. The zero-order chi connectivity index (χ0) is 28.1. The van der Waals surface area contributed by atoms with Crippen molar-refractivity contribution in [2.45, 2.75) is 13.8 Å². The summed E-state index contributed by atoms with van der Waals surface area (Å²) in [5.41, 5.74) is 4.33. The lowest BCUT2D eigenvalue weighted by molar-refractivity contribution is -0.129. The van der Waals surface area contributed by atoms with Crippen LogP contribution in [0.25, 0.3) is 17.4 Å². The molecule has 0 radical (unpaired) electrons. The molecule has 1 aliphatic heterocycles.